The van der Waals surface area contributed by atoms with Gasteiger partial charge in [0.05, 0.1) is 12.2 Å². The highest BCUT2D eigenvalue weighted by Crippen LogP contribution is 2.24. The molecule has 0 heterocycles. The van der Waals surface area contributed by atoms with Gasteiger partial charge in [-0.2, -0.15) is 0 Å². The van der Waals surface area contributed by atoms with Gasteiger partial charge in [-0.3, -0.25) is 4.79 Å². The molecule has 2 heteroatoms. The number of amides is 1. The Morgan fingerprint density at radius 1 is 1.33 bits per heavy atom. The maximum atomic E-state index is 10.9. The Balaban J connectivity index is 3.24. The molecule has 0 fully saturated rings. The van der Waals surface area contributed by atoms with Crippen molar-refractivity contribution in [1.29, 1.82) is 0 Å². The minimum absolute atomic E-state index is 0.314. The highest BCUT2D eigenvalue weighted by atomic mass is 16.1. The number of rotatable bonds is 3. The molecule has 78 valence electrons. The van der Waals surface area contributed by atoms with E-state index in [4.69, 9.17) is 6.42 Å². The van der Waals surface area contributed by atoms with Crippen molar-refractivity contribution in [3.8, 4) is 12.3 Å². The van der Waals surface area contributed by atoms with Gasteiger partial charge in [0.2, 0.25) is 6.41 Å². The van der Waals surface area contributed by atoms with E-state index in [-0.39, 0.29) is 0 Å². The van der Waals surface area contributed by atoms with E-state index >= 15 is 0 Å². The summed E-state index contributed by atoms with van der Waals surface area (Å²) < 4.78 is 0. The first-order chi connectivity index (χ1) is 7.10. The molecule has 0 spiro atoms. The van der Waals surface area contributed by atoms with Crippen LogP contribution in [0.3, 0.4) is 0 Å². The van der Waals surface area contributed by atoms with Gasteiger partial charge < -0.3 is 4.90 Å². The fourth-order valence-corrected chi connectivity index (χ4v) is 1.89. The van der Waals surface area contributed by atoms with Crippen LogP contribution in [-0.2, 0) is 4.79 Å². The van der Waals surface area contributed by atoms with E-state index in [1.54, 1.807) is 4.90 Å². The summed E-state index contributed by atoms with van der Waals surface area (Å²) in [6.07, 6.45) is 6.00. The summed E-state index contributed by atoms with van der Waals surface area (Å²) in [4.78, 5) is 12.5. The van der Waals surface area contributed by atoms with Crippen molar-refractivity contribution in [2.24, 2.45) is 0 Å². The van der Waals surface area contributed by atoms with Crippen LogP contribution in [0.1, 0.15) is 16.7 Å². The largest absolute Gasteiger partial charge is 0.303 e. The van der Waals surface area contributed by atoms with Crippen molar-refractivity contribution in [3.63, 3.8) is 0 Å². The molecular formula is C13H15NO. The maximum absolute atomic E-state index is 10.9. The molecule has 2 nitrogen and oxygen atoms in total. The van der Waals surface area contributed by atoms with Gasteiger partial charge in [-0.1, -0.05) is 23.6 Å². The third-order valence-corrected chi connectivity index (χ3v) is 2.31. The average molecular weight is 201 g/mol. The Morgan fingerprint density at radius 3 is 2.27 bits per heavy atom. The van der Waals surface area contributed by atoms with Gasteiger partial charge in [-0.15, -0.1) is 6.42 Å². The zero-order valence-corrected chi connectivity index (χ0v) is 9.37. The molecule has 0 aliphatic carbocycles. The number of benzene rings is 1. The third kappa shape index (κ3) is 2.38. The van der Waals surface area contributed by atoms with Crippen LogP contribution in [0.25, 0.3) is 0 Å². The van der Waals surface area contributed by atoms with Crippen LogP contribution in [0.5, 0.6) is 0 Å². The number of terminal acetylenes is 1. The summed E-state index contributed by atoms with van der Waals surface area (Å²) >= 11 is 0. The molecule has 0 N–H and O–H groups in total. The van der Waals surface area contributed by atoms with Crippen molar-refractivity contribution >= 4 is 12.1 Å². The highest BCUT2D eigenvalue weighted by molar-refractivity contribution is 5.79. The second-order valence-corrected chi connectivity index (χ2v) is 3.68. The van der Waals surface area contributed by atoms with Gasteiger partial charge in [0.25, 0.3) is 0 Å². The Bertz CT molecular complexity index is 392. The van der Waals surface area contributed by atoms with E-state index < -0.39 is 0 Å². The van der Waals surface area contributed by atoms with Crippen LogP contribution >= 0.6 is 0 Å². The SMILES string of the molecule is C#CCN(C=O)c1c(C)cc(C)cc1C. The molecule has 0 atom stereocenters. The zero-order chi connectivity index (χ0) is 11.4. The molecule has 1 rings (SSSR count). The van der Waals surface area contributed by atoms with Crippen molar-refractivity contribution < 1.29 is 4.79 Å². The Hall–Kier alpha value is -1.75. The highest BCUT2D eigenvalue weighted by Gasteiger charge is 2.10. The second kappa shape index (κ2) is 4.65. The number of hydrogen-bond donors (Lipinski definition) is 0. The number of hydrogen-bond acceptors (Lipinski definition) is 1. The lowest BCUT2D eigenvalue weighted by Gasteiger charge is -2.20. The Labute approximate surface area is 90.9 Å². The molecule has 15 heavy (non-hydrogen) atoms. The van der Waals surface area contributed by atoms with E-state index in [0.717, 1.165) is 23.2 Å². The van der Waals surface area contributed by atoms with Crippen molar-refractivity contribution in [3.05, 3.63) is 28.8 Å². The lowest BCUT2D eigenvalue weighted by molar-refractivity contribution is -0.107. The van der Waals surface area contributed by atoms with E-state index in [1.165, 1.54) is 5.56 Å². The van der Waals surface area contributed by atoms with E-state index in [0.29, 0.717) is 6.54 Å². The number of anilines is 1. The van der Waals surface area contributed by atoms with Gasteiger partial charge in [0.15, 0.2) is 0 Å². The summed E-state index contributed by atoms with van der Waals surface area (Å²) in [7, 11) is 0. The number of carbonyl (C=O) groups is 1. The monoisotopic (exact) mass is 201 g/mol. The smallest absolute Gasteiger partial charge is 0.215 e. The number of nitrogens with zero attached hydrogens (tertiary/aromatic N) is 1. The maximum Gasteiger partial charge on any atom is 0.215 e. The average Bonchev–Trinajstić information content (AvgIpc) is 2.14. The van der Waals surface area contributed by atoms with Crippen LogP contribution in [0.15, 0.2) is 12.1 Å². The summed E-state index contributed by atoms with van der Waals surface area (Å²) in [5.74, 6) is 2.48. The van der Waals surface area contributed by atoms with Crippen LogP contribution in [0, 0.1) is 33.1 Å². The lowest BCUT2D eigenvalue weighted by atomic mass is 10.0. The summed E-state index contributed by atoms with van der Waals surface area (Å²) in [6.45, 7) is 6.33. The number of carbonyl (C=O) groups excluding carboxylic acids is 1. The van der Waals surface area contributed by atoms with Crippen molar-refractivity contribution in [2.45, 2.75) is 20.8 Å². The van der Waals surface area contributed by atoms with Crippen LogP contribution in [-0.4, -0.2) is 13.0 Å². The molecule has 0 saturated carbocycles. The van der Waals surface area contributed by atoms with Crippen LogP contribution < -0.4 is 4.90 Å². The molecule has 0 saturated heterocycles. The molecule has 1 aromatic carbocycles. The Morgan fingerprint density at radius 2 is 1.87 bits per heavy atom. The fraction of sp³-hybridized carbons (Fsp3) is 0.308. The minimum Gasteiger partial charge on any atom is -0.303 e. The molecule has 0 bridgehead atoms. The van der Waals surface area contributed by atoms with Crippen molar-refractivity contribution in [1.82, 2.24) is 0 Å². The predicted octanol–water partition coefficient (Wildman–Crippen LogP) is 2.21. The fourth-order valence-electron chi connectivity index (χ4n) is 1.89. The predicted molar refractivity (Wildman–Crippen MR) is 62.9 cm³/mol. The summed E-state index contributed by atoms with van der Waals surface area (Å²) in [5, 5.41) is 0. The topological polar surface area (TPSA) is 20.3 Å². The first-order valence-electron chi connectivity index (χ1n) is 4.83. The van der Waals surface area contributed by atoms with Crippen molar-refractivity contribution in [2.75, 3.05) is 11.4 Å². The van der Waals surface area contributed by atoms with Crippen LogP contribution in [0.2, 0.25) is 0 Å². The molecule has 0 aliphatic rings. The first kappa shape index (κ1) is 11.3. The Kier molecular flexibility index (Phi) is 3.51. The summed E-state index contributed by atoms with van der Waals surface area (Å²) in [5.41, 5.74) is 4.28. The quantitative estimate of drug-likeness (QED) is 0.542. The van der Waals surface area contributed by atoms with E-state index in [1.807, 2.05) is 20.8 Å². The van der Waals surface area contributed by atoms with E-state index in [9.17, 15) is 4.79 Å². The molecule has 0 aliphatic heterocycles. The van der Waals surface area contributed by atoms with Gasteiger partial charge in [0, 0.05) is 0 Å². The van der Waals surface area contributed by atoms with Gasteiger partial charge in [-0.25, -0.2) is 0 Å². The van der Waals surface area contributed by atoms with Gasteiger partial charge in [0.1, 0.15) is 0 Å². The number of aryl methyl sites for hydroxylation is 3. The minimum atomic E-state index is 0.314. The summed E-state index contributed by atoms with van der Waals surface area (Å²) in [6, 6.07) is 4.10. The molecule has 0 unspecified atom stereocenters. The molecule has 0 aromatic heterocycles. The molecule has 1 aromatic rings. The van der Waals surface area contributed by atoms with E-state index in [2.05, 4.69) is 18.1 Å². The van der Waals surface area contributed by atoms with Gasteiger partial charge in [-0.05, 0) is 31.9 Å². The standard InChI is InChI=1S/C13H15NO/c1-5-6-14(9-15)13-11(3)7-10(2)8-12(13)4/h1,7-9H,6H2,2-4H3. The normalized spacial score (nSPS) is 9.47. The lowest BCUT2D eigenvalue weighted by Crippen LogP contribution is -2.23. The van der Waals surface area contributed by atoms with Crippen LogP contribution in [0.4, 0.5) is 5.69 Å². The second-order valence-electron chi connectivity index (χ2n) is 3.68. The zero-order valence-electron chi connectivity index (χ0n) is 9.37. The first-order valence-corrected chi connectivity index (χ1v) is 4.83. The van der Waals surface area contributed by atoms with Gasteiger partial charge >= 0.3 is 0 Å². The molecular weight excluding hydrogens is 186 g/mol. The molecule has 0 radical (unpaired) electrons. The molecule has 1 amide bonds. The third-order valence-electron chi connectivity index (χ3n) is 2.31.